The lowest BCUT2D eigenvalue weighted by Gasteiger charge is -2.34. The number of carbonyl (C=O) groups is 2. The van der Waals surface area contributed by atoms with Crippen molar-refractivity contribution in [2.75, 3.05) is 14.2 Å². The van der Waals surface area contributed by atoms with E-state index in [0.717, 1.165) is 25.3 Å². The Kier molecular flexibility index (Phi) is 8.93. The number of hydroxylamine groups is 1. The van der Waals surface area contributed by atoms with Crippen LogP contribution in [0.3, 0.4) is 0 Å². The third-order valence-electron chi connectivity index (χ3n) is 4.81. The second-order valence-electron chi connectivity index (χ2n) is 6.88. The van der Waals surface area contributed by atoms with E-state index in [4.69, 9.17) is 14.7 Å². The van der Waals surface area contributed by atoms with Crippen LogP contribution in [-0.4, -0.2) is 49.3 Å². The third kappa shape index (κ3) is 6.53. The average Bonchev–Trinajstić information content (AvgIpc) is 2.84. The fourth-order valence-corrected chi connectivity index (χ4v) is 2.67. The summed E-state index contributed by atoms with van der Waals surface area (Å²) in [6.07, 6.45) is -3.12. The summed E-state index contributed by atoms with van der Waals surface area (Å²) >= 11 is 0. The molecule has 7 nitrogen and oxygen atoms in total. The van der Waals surface area contributed by atoms with Gasteiger partial charge >= 0.3 is 0 Å². The number of hydrogen-bond donors (Lipinski definition) is 3. The number of methoxy groups -OCH3 is 2. The van der Waals surface area contributed by atoms with Gasteiger partial charge in [0.2, 0.25) is 0 Å². The lowest BCUT2D eigenvalue weighted by molar-refractivity contribution is -0.157. The van der Waals surface area contributed by atoms with Crippen molar-refractivity contribution in [1.82, 2.24) is 10.8 Å². The molecule has 0 radical (unpaired) electrons. The summed E-state index contributed by atoms with van der Waals surface area (Å²) < 4.78 is 36.8. The van der Waals surface area contributed by atoms with Gasteiger partial charge in [-0.1, -0.05) is 11.8 Å². The van der Waals surface area contributed by atoms with Crippen molar-refractivity contribution in [3.8, 4) is 29.4 Å². The molecule has 172 valence electrons. The van der Waals surface area contributed by atoms with E-state index < -0.39 is 29.9 Å². The summed E-state index contributed by atoms with van der Waals surface area (Å²) in [5, 5.41) is 11.1. The largest absolute Gasteiger partial charge is 0.497 e. The molecule has 3 N–H and O–H groups in total. The van der Waals surface area contributed by atoms with E-state index in [0.29, 0.717) is 5.56 Å². The van der Waals surface area contributed by atoms with Gasteiger partial charge < -0.3 is 14.8 Å². The van der Waals surface area contributed by atoms with E-state index in [9.17, 15) is 18.4 Å². The molecule has 0 saturated carbocycles. The van der Waals surface area contributed by atoms with E-state index in [1.165, 1.54) is 17.6 Å². The Hall–Kier alpha value is -3.92. The Balaban J connectivity index is 2.11. The summed E-state index contributed by atoms with van der Waals surface area (Å²) in [4.78, 5) is 24.4. The highest BCUT2D eigenvalue weighted by atomic mass is 19.3. The minimum Gasteiger partial charge on any atom is -0.497 e. The van der Waals surface area contributed by atoms with Gasteiger partial charge in [0.05, 0.1) is 7.11 Å². The number of hydrogen-bond acceptors (Lipinski definition) is 5. The Morgan fingerprint density at radius 1 is 0.970 bits per heavy atom. The summed E-state index contributed by atoms with van der Waals surface area (Å²) in [6.45, 7) is 0.948. The standard InChI is InChI=1S/C24H22F2N2O5/c1-24(33-3,23(25)26)20(22(30)28-31)27-21(29)18-12-8-16(9-13-18)6-4-5-7-17-10-14-19(32-2)15-11-17/h8-15,20,23,31H,1-3H3,(H,27,29)(H,28,30). The second-order valence-corrected chi connectivity index (χ2v) is 6.88. The Morgan fingerprint density at radius 2 is 1.48 bits per heavy atom. The van der Waals surface area contributed by atoms with Crippen molar-refractivity contribution in [2.24, 2.45) is 0 Å². The van der Waals surface area contributed by atoms with Crippen LogP contribution in [-0.2, 0) is 9.53 Å². The molecule has 2 rings (SSSR count). The zero-order valence-corrected chi connectivity index (χ0v) is 18.1. The highest BCUT2D eigenvalue weighted by Gasteiger charge is 2.48. The van der Waals surface area contributed by atoms with Gasteiger partial charge in [-0.2, -0.15) is 0 Å². The van der Waals surface area contributed by atoms with Crippen molar-refractivity contribution >= 4 is 11.8 Å². The maximum absolute atomic E-state index is 13.5. The Morgan fingerprint density at radius 3 is 1.91 bits per heavy atom. The van der Waals surface area contributed by atoms with Gasteiger partial charge in [-0.05, 0) is 67.3 Å². The molecule has 0 aromatic heterocycles. The molecule has 2 aromatic carbocycles. The van der Waals surface area contributed by atoms with Crippen LogP contribution in [0.15, 0.2) is 48.5 Å². The minimum absolute atomic E-state index is 0.0910. The van der Waals surface area contributed by atoms with Crippen molar-refractivity contribution in [1.29, 1.82) is 0 Å². The number of benzene rings is 2. The molecule has 0 aliphatic rings. The SMILES string of the molecule is COc1ccc(C#CC#Cc2ccc(C(=O)NC(C(=O)NO)C(C)(OC)C(F)F)cc2)cc1. The second kappa shape index (κ2) is 11.6. The molecule has 0 bridgehead atoms. The smallest absolute Gasteiger partial charge is 0.269 e. The van der Waals surface area contributed by atoms with Crippen LogP contribution in [0.2, 0.25) is 0 Å². The minimum atomic E-state index is -3.12. The highest BCUT2D eigenvalue weighted by Crippen LogP contribution is 2.24. The van der Waals surface area contributed by atoms with Crippen LogP contribution in [0.25, 0.3) is 0 Å². The first-order chi connectivity index (χ1) is 15.7. The topological polar surface area (TPSA) is 96.9 Å². The van der Waals surface area contributed by atoms with Crippen LogP contribution in [0.1, 0.15) is 28.4 Å². The fourth-order valence-electron chi connectivity index (χ4n) is 2.67. The maximum Gasteiger partial charge on any atom is 0.269 e. The van der Waals surface area contributed by atoms with Gasteiger partial charge in [-0.25, -0.2) is 14.3 Å². The average molecular weight is 456 g/mol. The van der Waals surface area contributed by atoms with Crippen LogP contribution >= 0.6 is 0 Å². The van der Waals surface area contributed by atoms with Gasteiger partial charge in [0, 0.05) is 23.8 Å². The summed E-state index contributed by atoms with van der Waals surface area (Å²) in [5.41, 5.74) is 0.327. The molecule has 0 fully saturated rings. The van der Waals surface area contributed by atoms with Gasteiger partial charge in [0.15, 0.2) is 5.60 Å². The number of ether oxygens (including phenoxy) is 2. The predicted octanol–water partition coefficient (Wildman–Crippen LogP) is 2.37. The number of carbonyl (C=O) groups excluding carboxylic acids is 2. The molecular formula is C24H22F2N2O5. The highest BCUT2D eigenvalue weighted by molar-refractivity contribution is 5.97. The lowest BCUT2D eigenvalue weighted by atomic mass is 9.95. The van der Waals surface area contributed by atoms with Crippen LogP contribution in [0, 0.1) is 23.7 Å². The summed E-state index contributed by atoms with van der Waals surface area (Å²) in [6, 6.07) is 11.2. The van der Waals surface area contributed by atoms with Crippen molar-refractivity contribution < 1.29 is 33.1 Å². The molecular weight excluding hydrogens is 434 g/mol. The van der Waals surface area contributed by atoms with Gasteiger partial charge in [-0.15, -0.1) is 0 Å². The predicted molar refractivity (Wildman–Crippen MR) is 116 cm³/mol. The monoisotopic (exact) mass is 456 g/mol. The molecule has 0 spiro atoms. The number of halogens is 2. The van der Waals surface area contributed by atoms with E-state index in [-0.39, 0.29) is 5.56 Å². The zero-order valence-electron chi connectivity index (χ0n) is 18.1. The normalized spacial score (nSPS) is 12.8. The number of amides is 2. The molecule has 2 aromatic rings. The van der Waals surface area contributed by atoms with Crippen molar-refractivity contribution in [3.05, 3.63) is 65.2 Å². The molecule has 2 unspecified atom stereocenters. The quantitative estimate of drug-likeness (QED) is 0.338. The van der Waals surface area contributed by atoms with E-state index >= 15 is 0 Å². The number of nitrogens with one attached hydrogen (secondary N) is 2. The molecule has 2 atom stereocenters. The first kappa shape index (κ1) is 25.3. The molecule has 0 aliphatic carbocycles. The Labute approximate surface area is 190 Å². The summed E-state index contributed by atoms with van der Waals surface area (Å²) in [5.74, 6) is 9.79. The van der Waals surface area contributed by atoms with Crippen LogP contribution < -0.4 is 15.5 Å². The first-order valence-electron chi connectivity index (χ1n) is 9.59. The van der Waals surface area contributed by atoms with Crippen molar-refractivity contribution in [2.45, 2.75) is 25.0 Å². The van der Waals surface area contributed by atoms with Crippen LogP contribution in [0.4, 0.5) is 8.78 Å². The van der Waals surface area contributed by atoms with Gasteiger partial charge in [0.25, 0.3) is 18.2 Å². The zero-order chi connectivity index (χ0) is 24.4. The number of rotatable bonds is 7. The van der Waals surface area contributed by atoms with Crippen molar-refractivity contribution in [3.63, 3.8) is 0 Å². The van der Waals surface area contributed by atoms with Gasteiger partial charge in [-0.3, -0.25) is 14.8 Å². The lowest BCUT2D eigenvalue weighted by Crippen LogP contribution is -2.62. The molecule has 9 heteroatoms. The van der Waals surface area contributed by atoms with E-state index in [1.54, 1.807) is 43.5 Å². The van der Waals surface area contributed by atoms with Gasteiger partial charge in [0.1, 0.15) is 11.8 Å². The molecule has 0 aliphatic heterocycles. The molecule has 0 heterocycles. The number of alkyl halides is 2. The van der Waals surface area contributed by atoms with Crippen LogP contribution in [0.5, 0.6) is 5.75 Å². The Bertz CT molecular complexity index is 1100. The fraction of sp³-hybridized carbons (Fsp3) is 0.250. The third-order valence-corrected chi connectivity index (χ3v) is 4.81. The maximum atomic E-state index is 13.5. The van der Waals surface area contributed by atoms with E-state index in [2.05, 4.69) is 29.0 Å². The van der Waals surface area contributed by atoms with E-state index in [1.807, 2.05) is 0 Å². The first-order valence-corrected chi connectivity index (χ1v) is 9.59. The molecule has 0 saturated heterocycles. The molecule has 33 heavy (non-hydrogen) atoms. The molecule has 2 amide bonds. The summed E-state index contributed by atoms with van der Waals surface area (Å²) in [7, 11) is 2.55.